The van der Waals surface area contributed by atoms with Crippen LogP contribution < -0.4 is 11.2 Å². The molecule has 2 aromatic rings. The van der Waals surface area contributed by atoms with Gasteiger partial charge in [0.05, 0.1) is 6.20 Å². The molecule has 0 unspecified atom stereocenters. The lowest BCUT2D eigenvalue weighted by molar-refractivity contribution is 0.0998. The molecule has 98 valence electrons. The summed E-state index contributed by atoms with van der Waals surface area (Å²) in [6, 6.07) is 0.326. The maximum Gasteiger partial charge on any atom is 0.254 e. The molecule has 2 aromatic heterocycles. The van der Waals surface area contributed by atoms with Crippen LogP contribution in [0.4, 0.5) is 0 Å². The minimum Gasteiger partial charge on any atom is -0.444 e. The summed E-state index contributed by atoms with van der Waals surface area (Å²) in [5.41, 5.74) is 5.89. The number of carbonyl (C=O) groups is 1. The molecule has 0 spiro atoms. The van der Waals surface area contributed by atoms with E-state index in [1.54, 1.807) is 6.20 Å². The van der Waals surface area contributed by atoms with Crippen molar-refractivity contribution in [2.75, 3.05) is 0 Å². The van der Waals surface area contributed by atoms with Crippen molar-refractivity contribution in [3.05, 3.63) is 40.1 Å². The number of aromatic nitrogens is 2. The molecule has 0 bridgehead atoms. The van der Waals surface area contributed by atoms with Crippen molar-refractivity contribution in [1.82, 2.24) is 9.55 Å². The number of amides is 1. The molecule has 2 heterocycles. The first-order valence-corrected chi connectivity index (χ1v) is 6.05. The van der Waals surface area contributed by atoms with Crippen molar-refractivity contribution in [2.45, 2.75) is 25.8 Å². The van der Waals surface area contributed by atoms with E-state index in [-0.39, 0.29) is 11.5 Å². The molecule has 2 N–H and O–H groups in total. The number of hydrogen-bond acceptors (Lipinski definition) is 4. The van der Waals surface area contributed by atoms with E-state index in [9.17, 15) is 9.59 Å². The molecule has 0 aromatic carbocycles. The van der Waals surface area contributed by atoms with E-state index in [1.165, 1.54) is 12.5 Å². The Kier molecular flexibility index (Phi) is 2.51. The van der Waals surface area contributed by atoms with E-state index in [4.69, 9.17) is 10.2 Å². The lowest BCUT2D eigenvalue weighted by Gasteiger charge is -2.13. The van der Waals surface area contributed by atoms with Crippen molar-refractivity contribution in [2.24, 2.45) is 5.73 Å². The Morgan fingerprint density at radius 2 is 2.26 bits per heavy atom. The fourth-order valence-corrected chi connectivity index (χ4v) is 2.23. The molecule has 1 aliphatic carbocycles. The highest BCUT2D eigenvalue weighted by Crippen LogP contribution is 2.37. The van der Waals surface area contributed by atoms with E-state index in [2.05, 4.69) is 4.98 Å². The van der Waals surface area contributed by atoms with Gasteiger partial charge < -0.3 is 14.7 Å². The van der Waals surface area contributed by atoms with Crippen LogP contribution in [0.15, 0.2) is 27.9 Å². The van der Waals surface area contributed by atoms with Crippen molar-refractivity contribution in [3.63, 3.8) is 0 Å². The predicted molar refractivity (Wildman–Crippen MR) is 67.7 cm³/mol. The van der Waals surface area contributed by atoms with E-state index >= 15 is 0 Å². The van der Waals surface area contributed by atoms with Gasteiger partial charge in [-0.3, -0.25) is 9.59 Å². The molecule has 0 saturated heterocycles. The number of hydrogen-bond donors (Lipinski definition) is 1. The van der Waals surface area contributed by atoms with Gasteiger partial charge in [0.1, 0.15) is 17.4 Å². The van der Waals surface area contributed by atoms with Gasteiger partial charge >= 0.3 is 0 Å². The van der Waals surface area contributed by atoms with Crippen LogP contribution in [0, 0.1) is 6.92 Å². The van der Waals surface area contributed by atoms with Crippen molar-refractivity contribution in [1.29, 1.82) is 0 Å². The molecule has 1 saturated carbocycles. The second-order valence-corrected chi connectivity index (χ2v) is 4.67. The number of nitrogens with zero attached hydrogens (tertiary/aromatic N) is 2. The summed E-state index contributed by atoms with van der Waals surface area (Å²) < 4.78 is 7.11. The third kappa shape index (κ3) is 1.85. The summed E-state index contributed by atoms with van der Waals surface area (Å²) in [6.45, 7) is 1.82. The van der Waals surface area contributed by atoms with Crippen LogP contribution in [-0.2, 0) is 0 Å². The molecule has 1 amide bonds. The van der Waals surface area contributed by atoms with Crippen molar-refractivity contribution >= 4 is 5.91 Å². The van der Waals surface area contributed by atoms with Crippen LogP contribution in [0.2, 0.25) is 0 Å². The van der Waals surface area contributed by atoms with Crippen LogP contribution in [0.5, 0.6) is 0 Å². The summed E-state index contributed by atoms with van der Waals surface area (Å²) in [4.78, 5) is 27.7. The molecular formula is C13H13N3O3. The summed E-state index contributed by atoms with van der Waals surface area (Å²) in [7, 11) is 0. The van der Waals surface area contributed by atoms with Gasteiger partial charge in [-0.25, -0.2) is 4.98 Å². The van der Waals surface area contributed by atoms with Gasteiger partial charge in [-0.2, -0.15) is 0 Å². The molecule has 19 heavy (non-hydrogen) atoms. The molecule has 6 nitrogen and oxygen atoms in total. The van der Waals surface area contributed by atoms with Crippen LogP contribution in [0.3, 0.4) is 0 Å². The number of pyridine rings is 1. The average molecular weight is 259 g/mol. The molecule has 3 rings (SSSR count). The van der Waals surface area contributed by atoms with E-state index < -0.39 is 11.3 Å². The Labute approximate surface area is 108 Å². The Hall–Kier alpha value is -2.37. The van der Waals surface area contributed by atoms with E-state index in [0.717, 1.165) is 18.5 Å². The first-order valence-electron chi connectivity index (χ1n) is 6.05. The number of rotatable bonds is 3. The minimum absolute atomic E-state index is 0.0225. The lowest BCUT2D eigenvalue weighted by Crippen LogP contribution is -2.26. The maximum absolute atomic E-state index is 12.3. The summed E-state index contributed by atoms with van der Waals surface area (Å²) in [5, 5.41) is 0. The van der Waals surface area contributed by atoms with Crippen molar-refractivity contribution < 1.29 is 9.21 Å². The third-order valence-corrected chi connectivity index (χ3v) is 3.34. The van der Waals surface area contributed by atoms with Crippen molar-refractivity contribution in [3.8, 4) is 11.5 Å². The molecule has 6 heteroatoms. The van der Waals surface area contributed by atoms with Crippen LogP contribution in [-0.4, -0.2) is 15.5 Å². The standard InChI is InChI=1S/C13H13N3O3/c1-7-10(13-15-4-5-19-13)11(17)9(12(14)18)6-16(7)8-2-3-8/h4-6,8H,2-3H2,1H3,(H2,14,18). The monoisotopic (exact) mass is 259 g/mol. The fourth-order valence-electron chi connectivity index (χ4n) is 2.23. The fraction of sp³-hybridized carbons (Fsp3) is 0.308. The number of oxazole rings is 1. The molecule has 0 aliphatic heterocycles. The summed E-state index contributed by atoms with van der Waals surface area (Å²) in [5.74, 6) is -0.507. The average Bonchev–Trinajstić information content (AvgIpc) is 3.05. The number of carbonyl (C=O) groups excluding carboxylic acids is 1. The highest BCUT2D eigenvalue weighted by molar-refractivity contribution is 5.93. The van der Waals surface area contributed by atoms with Crippen LogP contribution >= 0.6 is 0 Å². The van der Waals surface area contributed by atoms with Gasteiger partial charge in [-0.1, -0.05) is 0 Å². The van der Waals surface area contributed by atoms with Gasteiger partial charge in [-0.05, 0) is 19.8 Å². The smallest absolute Gasteiger partial charge is 0.254 e. The maximum atomic E-state index is 12.3. The zero-order chi connectivity index (χ0) is 13.6. The SMILES string of the molecule is Cc1c(-c2ncco2)c(=O)c(C(N)=O)cn1C1CC1. The van der Waals surface area contributed by atoms with E-state index in [0.29, 0.717) is 11.6 Å². The normalized spacial score (nSPS) is 14.6. The van der Waals surface area contributed by atoms with Gasteiger partial charge in [0.2, 0.25) is 11.3 Å². The minimum atomic E-state index is -0.729. The second kappa shape index (κ2) is 4.08. The Morgan fingerprint density at radius 1 is 1.53 bits per heavy atom. The first-order chi connectivity index (χ1) is 9.09. The topological polar surface area (TPSA) is 91.1 Å². The molecule has 0 radical (unpaired) electrons. The first kappa shape index (κ1) is 11.7. The Bertz CT molecular complexity index is 697. The van der Waals surface area contributed by atoms with Crippen LogP contribution in [0.1, 0.15) is 34.9 Å². The number of nitrogens with two attached hydrogens (primary N) is 1. The van der Waals surface area contributed by atoms with Gasteiger partial charge in [0, 0.05) is 17.9 Å². The number of primary amides is 1. The zero-order valence-corrected chi connectivity index (χ0v) is 10.4. The molecule has 1 aliphatic rings. The zero-order valence-electron chi connectivity index (χ0n) is 10.4. The van der Waals surface area contributed by atoms with Gasteiger partial charge in [0.25, 0.3) is 5.91 Å². The lowest BCUT2D eigenvalue weighted by atomic mass is 10.1. The Balaban J connectivity index is 2.32. The molecule has 1 fully saturated rings. The molecule has 0 atom stereocenters. The third-order valence-electron chi connectivity index (χ3n) is 3.34. The van der Waals surface area contributed by atoms with Crippen LogP contribution in [0.25, 0.3) is 11.5 Å². The van der Waals surface area contributed by atoms with Gasteiger partial charge in [-0.15, -0.1) is 0 Å². The summed E-state index contributed by atoms with van der Waals surface area (Å²) >= 11 is 0. The van der Waals surface area contributed by atoms with Gasteiger partial charge in [0.15, 0.2) is 0 Å². The predicted octanol–water partition coefficient (Wildman–Crippen LogP) is 1.25. The second-order valence-electron chi connectivity index (χ2n) is 4.67. The Morgan fingerprint density at radius 3 is 2.79 bits per heavy atom. The molecular weight excluding hydrogens is 246 g/mol. The van der Waals surface area contributed by atoms with E-state index in [1.807, 2.05) is 11.5 Å². The largest absolute Gasteiger partial charge is 0.444 e. The summed E-state index contributed by atoms with van der Waals surface area (Å²) in [6.07, 6.45) is 6.48. The quantitative estimate of drug-likeness (QED) is 0.897. The highest BCUT2D eigenvalue weighted by Gasteiger charge is 2.28. The highest BCUT2D eigenvalue weighted by atomic mass is 16.3.